The van der Waals surface area contributed by atoms with Gasteiger partial charge in [-0.3, -0.25) is 0 Å². The summed E-state index contributed by atoms with van der Waals surface area (Å²) in [5, 5.41) is 8.62. The first kappa shape index (κ1) is 11.9. The Balaban J connectivity index is 2.96. The van der Waals surface area contributed by atoms with Gasteiger partial charge in [0.15, 0.2) is 0 Å². The van der Waals surface area contributed by atoms with Crippen molar-refractivity contribution in [3.63, 3.8) is 0 Å². The van der Waals surface area contributed by atoms with Crippen LogP contribution >= 0.6 is 22.9 Å². The molecule has 0 aliphatic heterocycles. The minimum absolute atomic E-state index is 0.0812. The molecule has 7 heteroatoms. The molecule has 0 radical (unpaired) electrons. The highest BCUT2D eigenvalue weighted by Gasteiger charge is 2.21. The van der Waals surface area contributed by atoms with E-state index in [1.165, 1.54) is 19.2 Å². The molecule has 0 aromatic carbocycles. The van der Waals surface area contributed by atoms with E-state index in [2.05, 4.69) is 0 Å². The molecule has 4 nitrogen and oxygen atoms in total. The Morgan fingerprint density at radius 2 is 2.21 bits per heavy atom. The van der Waals surface area contributed by atoms with Gasteiger partial charge in [-0.1, -0.05) is 11.6 Å². The summed E-state index contributed by atoms with van der Waals surface area (Å²) in [6, 6.07) is 2.99. The third-order valence-electron chi connectivity index (χ3n) is 1.63. The fraction of sp³-hybridized carbons (Fsp3) is 0.429. The Labute approximate surface area is 91.8 Å². The lowest BCUT2D eigenvalue weighted by molar-refractivity contribution is 0.266. The molecule has 0 amide bonds. The summed E-state index contributed by atoms with van der Waals surface area (Å²) in [4.78, 5) is 0. The maximum absolute atomic E-state index is 11.7. The molecule has 1 aromatic rings. The third kappa shape index (κ3) is 2.46. The maximum atomic E-state index is 11.7. The van der Waals surface area contributed by atoms with Gasteiger partial charge in [-0.15, -0.1) is 11.3 Å². The summed E-state index contributed by atoms with van der Waals surface area (Å²) in [7, 11) is -2.06. The van der Waals surface area contributed by atoms with Crippen LogP contribution in [0.4, 0.5) is 0 Å². The van der Waals surface area contributed by atoms with Crippen molar-refractivity contribution in [3.05, 3.63) is 16.5 Å². The normalized spacial score (nSPS) is 12.3. The van der Waals surface area contributed by atoms with Gasteiger partial charge >= 0.3 is 0 Å². The topological polar surface area (TPSA) is 57.6 Å². The standard InChI is InChI=1S/C7H10ClNO3S2/c1-9(4-5-10)14(11,12)7-3-2-6(8)13-7/h2-3,10H,4-5H2,1H3. The molecule has 1 rings (SSSR count). The molecular weight excluding hydrogens is 246 g/mol. The smallest absolute Gasteiger partial charge is 0.252 e. The van der Waals surface area contributed by atoms with Crippen molar-refractivity contribution in [2.24, 2.45) is 0 Å². The molecular formula is C7H10ClNO3S2. The van der Waals surface area contributed by atoms with Gasteiger partial charge in [0, 0.05) is 13.6 Å². The molecule has 1 aromatic heterocycles. The first-order chi connectivity index (χ1) is 6.48. The number of likely N-dealkylation sites (N-methyl/N-ethyl adjacent to an activating group) is 1. The summed E-state index contributed by atoms with van der Waals surface area (Å²) < 4.78 is 25.1. The monoisotopic (exact) mass is 255 g/mol. The Kier molecular flexibility index (Phi) is 3.91. The largest absolute Gasteiger partial charge is 0.395 e. The number of thiophene rings is 1. The molecule has 0 fully saturated rings. The molecule has 0 aliphatic rings. The van der Waals surface area contributed by atoms with Crippen molar-refractivity contribution in [2.45, 2.75) is 4.21 Å². The average molecular weight is 256 g/mol. The third-order valence-corrected chi connectivity index (χ3v) is 5.18. The first-order valence-corrected chi connectivity index (χ1v) is 6.44. The molecule has 14 heavy (non-hydrogen) atoms. The molecule has 1 heterocycles. The SMILES string of the molecule is CN(CCO)S(=O)(=O)c1ccc(Cl)s1. The van der Waals surface area contributed by atoms with E-state index < -0.39 is 10.0 Å². The number of sulfonamides is 1. The van der Waals surface area contributed by atoms with Gasteiger partial charge in [-0.05, 0) is 12.1 Å². The van der Waals surface area contributed by atoms with Gasteiger partial charge in [-0.2, -0.15) is 4.31 Å². The number of hydrogen-bond donors (Lipinski definition) is 1. The lowest BCUT2D eigenvalue weighted by Crippen LogP contribution is -2.28. The second-order valence-corrected chi connectivity index (χ2v) is 6.60. The highest BCUT2D eigenvalue weighted by Crippen LogP contribution is 2.27. The van der Waals surface area contributed by atoms with Crippen molar-refractivity contribution < 1.29 is 13.5 Å². The molecule has 0 spiro atoms. The van der Waals surface area contributed by atoms with E-state index in [0.717, 1.165) is 15.6 Å². The Hall–Kier alpha value is -0.140. The lowest BCUT2D eigenvalue weighted by atomic mass is 10.7. The number of aliphatic hydroxyl groups is 1. The van der Waals surface area contributed by atoms with Crippen LogP contribution < -0.4 is 0 Å². The molecule has 0 unspecified atom stereocenters. The molecule has 1 N–H and O–H groups in total. The van der Waals surface area contributed by atoms with Crippen LogP contribution in [0.25, 0.3) is 0 Å². The van der Waals surface area contributed by atoms with E-state index in [0.29, 0.717) is 4.34 Å². The van der Waals surface area contributed by atoms with E-state index in [-0.39, 0.29) is 17.4 Å². The van der Waals surface area contributed by atoms with Gasteiger partial charge in [0.2, 0.25) is 0 Å². The molecule has 0 bridgehead atoms. The Morgan fingerprint density at radius 3 is 2.64 bits per heavy atom. The van der Waals surface area contributed by atoms with Gasteiger partial charge in [0.05, 0.1) is 10.9 Å². The Bertz CT molecular complexity index is 401. The zero-order chi connectivity index (χ0) is 10.8. The van der Waals surface area contributed by atoms with Crippen LogP contribution in [0.15, 0.2) is 16.3 Å². The van der Waals surface area contributed by atoms with Crippen LogP contribution in [-0.2, 0) is 10.0 Å². The van der Waals surface area contributed by atoms with Gasteiger partial charge in [-0.25, -0.2) is 8.42 Å². The zero-order valence-corrected chi connectivity index (χ0v) is 9.86. The predicted molar refractivity (Wildman–Crippen MR) is 56.2 cm³/mol. The fourth-order valence-corrected chi connectivity index (χ4v) is 3.71. The van der Waals surface area contributed by atoms with Crippen molar-refractivity contribution >= 4 is 33.0 Å². The summed E-state index contributed by atoms with van der Waals surface area (Å²) in [5.74, 6) is 0. The van der Waals surface area contributed by atoms with E-state index in [9.17, 15) is 8.42 Å². The second-order valence-electron chi connectivity index (χ2n) is 2.61. The van der Waals surface area contributed by atoms with Crippen molar-refractivity contribution in [1.82, 2.24) is 4.31 Å². The quantitative estimate of drug-likeness (QED) is 0.874. The highest BCUT2D eigenvalue weighted by molar-refractivity contribution is 7.91. The summed E-state index contributed by atoms with van der Waals surface area (Å²) in [6.45, 7) is -0.118. The van der Waals surface area contributed by atoms with E-state index >= 15 is 0 Å². The zero-order valence-electron chi connectivity index (χ0n) is 7.47. The van der Waals surface area contributed by atoms with Gasteiger partial charge < -0.3 is 5.11 Å². The number of aliphatic hydroxyl groups excluding tert-OH is 1. The van der Waals surface area contributed by atoms with Crippen LogP contribution in [-0.4, -0.2) is 38.0 Å². The van der Waals surface area contributed by atoms with Gasteiger partial charge in [0.25, 0.3) is 10.0 Å². The number of nitrogens with zero attached hydrogens (tertiary/aromatic N) is 1. The van der Waals surface area contributed by atoms with Crippen molar-refractivity contribution in [3.8, 4) is 0 Å². The summed E-state index contributed by atoms with van der Waals surface area (Å²) in [6.07, 6.45) is 0. The molecule has 0 aliphatic carbocycles. The first-order valence-electron chi connectivity index (χ1n) is 3.81. The van der Waals surface area contributed by atoms with Crippen LogP contribution in [0, 0.1) is 0 Å². The van der Waals surface area contributed by atoms with Crippen LogP contribution in [0.3, 0.4) is 0 Å². The minimum Gasteiger partial charge on any atom is -0.395 e. The predicted octanol–water partition coefficient (Wildman–Crippen LogP) is 1.01. The lowest BCUT2D eigenvalue weighted by Gasteiger charge is -2.13. The Morgan fingerprint density at radius 1 is 1.57 bits per heavy atom. The second kappa shape index (κ2) is 4.59. The fourth-order valence-electron chi connectivity index (χ4n) is 0.851. The molecule has 0 saturated heterocycles. The minimum atomic E-state index is -3.47. The van der Waals surface area contributed by atoms with Crippen LogP contribution in [0.5, 0.6) is 0 Å². The number of rotatable bonds is 4. The molecule has 80 valence electrons. The van der Waals surface area contributed by atoms with E-state index in [4.69, 9.17) is 16.7 Å². The van der Waals surface area contributed by atoms with Crippen molar-refractivity contribution in [2.75, 3.05) is 20.2 Å². The maximum Gasteiger partial charge on any atom is 0.252 e. The van der Waals surface area contributed by atoms with Crippen molar-refractivity contribution in [1.29, 1.82) is 0 Å². The average Bonchev–Trinajstić information content (AvgIpc) is 2.52. The van der Waals surface area contributed by atoms with Crippen LogP contribution in [0.1, 0.15) is 0 Å². The van der Waals surface area contributed by atoms with Crippen LogP contribution in [0.2, 0.25) is 4.34 Å². The molecule has 0 atom stereocenters. The highest BCUT2D eigenvalue weighted by atomic mass is 35.5. The number of hydrogen-bond acceptors (Lipinski definition) is 4. The molecule has 0 saturated carbocycles. The van der Waals surface area contributed by atoms with E-state index in [1.54, 1.807) is 0 Å². The summed E-state index contributed by atoms with van der Waals surface area (Å²) in [5.41, 5.74) is 0. The van der Waals surface area contributed by atoms with E-state index in [1.807, 2.05) is 0 Å². The van der Waals surface area contributed by atoms with Gasteiger partial charge in [0.1, 0.15) is 4.21 Å². The summed E-state index contributed by atoms with van der Waals surface area (Å²) >= 11 is 6.64. The number of halogens is 1.